The average Bonchev–Trinajstić information content (AvgIpc) is 3.22. The zero-order valence-electron chi connectivity index (χ0n) is 21.5. The summed E-state index contributed by atoms with van der Waals surface area (Å²) in [6.07, 6.45) is 2.02. The number of benzene rings is 4. The molecule has 8 rings (SSSR count). The van der Waals surface area contributed by atoms with Crippen LogP contribution in [-0.2, 0) is 16.2 Å². The normalized spacial score (nSPS) is 19.6. The Hall–Kier alpha value is -3.92. The molecule has 37 heavy (non-hydrogen) atoms. The average molecular weight is 489 g/mol. The summed E-state index contributed by atoms with van der Waals surface area (Å²) in [5, 5.41) is 0. The molecule has 4 nitrogen and oxygen atoms in total. The molecule has 0 unspecified atom stereocenters. The first kappa shape index (κ1) is 21.2. The van der Waals surface area contributed by atoms with Gasteiger partial charge in [0, 0.05) is 5.41 Å². The maximum Gasteiger partial charge on any atom is 0.170 e. The van der Waals surface area contributed by atoms with Crippen LogP contribution in [0.1, 0.15) is 62.8 Å². The predicted molar refractivity (Wildman–Crippen MR) is 142 cm³/mol. The van der Waals surface area contributed by atoms with E-state index in [1.165, 1.54) is 22.3 Å². The van der Waals surface area contributed by atoms with Gasteiger partial charge >= 0.3 is 0 Å². The van der Waals surface area contributed by atoms with Gasteiger partial charge in [0.25, 0.3) is 0 Å². The molecule has 0 aromatic heterocycles. The molecule has 0 saturated carbocycles. The van der Waals surface area contributed by atoms with Crippen LogP contribution in [0, 0.1) is 0 Å². The van der Waals surface area contributed by atoms with Crippen molar-refractivity contribution in [2.75, 3.05) is 0 Å². The van der Waals surface area contributed by atoms with E-state index in [9.17, 15) is 0 Å². The molecule has 0 atom stereocenters. The molecule has 0 fully saturated rings. The molecular weight excluding hydrogens is 460 g/mol. The lowest BCUT2D eigenvalue weighted by Crippen LogP contribution is -2.27. The van der Waals surface area contributed by atoms with Gasteiger partial charge in [0.15, 0.2) is 46.0 Å². The van der Waals surface area contributed by atoms with E-state index in [2.05, 4.69) is 52.0 Å². The van der Waals surface area contributed by atoms with Gasteiger partial charge in [0.1, 0.15) is 0 Å². The third-order valence-corrected chi connectivity index (χ3v) is 8.72. The molecule has 0 saturated heterocycles. The van der Waals surface area contributed by atoms with Crippen molar-refractivity contribution in [3.05, 3.63) is 95.1 Å². The highest BCUT2D eigenvalue weighted by Gasteiger charge is 2.57. The van der Waals surface area contributed by atoms with E-state index >= 15 is 0 Å². The van der Waals surface area contributed by atoms with Crippen LogP contribution in [0.25, 0.3) is 0 Å². The first-order valence-corrected chi connectivity index (χ1v) is 13.0. The number of rotatable bonds is 0. The van der Waals surface area contributed by atoms with Crippen molar-refractivity contribution in [3.63, 3.8) is 0 Å². The maximum atomic E-state index is 6.37. The smallest absolute Gasteiger partial charge is 0.170 e. The van der Waals surface area contributed by atoms with Gasteiger partial charge in [-0.15, -0.1) is 0 Å². The van der Waals surface area contributed by atoms with Crippen molar-refractivity contribution < 1.29 is 18.9 Å². The summed E-state index contributed by atoms with van der Waals surface area (Å²) in [7, 11) is 0. The molecule has 2 heterocycles. The molecule has 0 bridgehead atoms. The molecule has 4 aromatic rings. The number of fused-ring (bicyclic) bond motifs is 8. The molecule has 2 aliphatic heterocycles. The van der Waals surface area contributed by atoms with Crippen molar-refractivity contribution >= 4 is 0 Å². The van der Waals surface area contributed by atoms with Crippen LogP contribution >= 0.6 is 0 Å². The number of ether oxygens (including phenoxy) is 4. The lowest BCUT2D eigenvalue weighted by Gasteiger charge is -2.31. The molecule has 4 aliphatic rings. The highest BCUT2D eigenvalue weighted by molar-refractivity contribution is 5.68. The van der Waals surface area contributed by atoms with Crippen molar-refractivity contribution in [1.82, 2.24) is 0 Å². The summed E-state index contributed by atoms with van der Waals surface area (Å²) in [6.45, 7) is 9.40. The Kier molecular flexibility index (Phi) is 3.83. The van der Waals surface area contributed by atoms with E-state index in [-0.39, 0.29) is 16.2 Å². The highest BCUT2D eigenvalue weighted by atomic mass is 16.6. The van der Waals surface area contributed by atoms with Crippen LogP contribution in [0.2, 0.25) is 0 Å². The van der Waals surface area contributed by atoms with E-state index < -0.39 is 0 Å². The van der Waals surface area contributed by atoms with Gasteiger partial charge in [-0.3, -0.25) is 0 Å². The summed E-state index contributed by atoms with van der Waals surface area (Å²) < 4.78 is 25.4. The van der Waals surface area contributed by atoms with Crippen LogP contribution in [0.4, 0.5) is 0 Å². The van der Waals surface area contributed by atoms with Crippen LogP contribution < -0.4 is 18.9 Å². The fourth-order valence-corrected chi connectivity index (χ4v) is 7.35. The highest BCUT2D eigenvalue weighted by Crippen LogP contribution is 2.66. The van der Waals surface area contributed by atoms with Crippen LogP contribution in [0.5, 0.6) is 46.0 Å². The molecular formula is C33H28O4. The summed E-state index contributed by atoms with van der Waals surface area (Å²) >= 11 is 0. The molecule has 1 spiro atoms. The Balaban J connectivity index is 1.32. The van der Waals surface area contributed by atoms with Gasteiger partial charge in [-0.05, 0) is 94.5 Å². The van der Waals surface area contributed by atoms with E-state index in [4.69, 9.17) is 18.9 Å². The molecule has 0 radical (unpaired) electrons. The minimum atomic E-state index is -0.150. The molecule has 0 amide bonds. The van der Waals surface area contributed by atoms with Gasteiger partial charge in [0.05, 0.1) is 0 Å². The molecule has 2 aliphatic carbocycles. The van der Waals surface area contributed by atoms with Crippen LogP contribution in [0.15, 0.2) is 72.8 Å². The number of para-hydroxylation sites is 4. The SMILES string of the molecule is CC1(C)CC2(CC(C)(C)c3cc4c(cc32)Oc2ccccc2O4)c2cc3c(cc21)Oc1ccccc1O3. The topological polar surface area (TPSA) is 36.9 Å². The molecule has 0 N–H and O–H groups in total. The summed E-state index contributed by atoms with van der Waals surface area (Å²) in [6, 6.07) is 24.6. The maximum absolute atomic E-state index is 6.37. The van der Waals surface area contributed by atoms with Crippen LogP contribution in [-0.4, -0.2) is 0 Å². The summed E-state index contributed by atoms with van der Waals surface area (Å²) in [4.78, 5) is 0. The Bertz CT molecular complexity index is 1520. The van der Waals surface area contributed by atoms with E-state index in [1.54, 1.807) is 0 Å². The van der Waals surface area contributed by atoms with Crippen molar-refractivity contribution in [2.45, 2.75) is 56.8 Å². The Morgan fingerprint density at radius 1 is 0.432 bits per heavy atom. The molecule has 4 aromatic carbocycles. The van der Waals surface area contributed by atoms with E-state index in [1.807, 2.05) is 48.5 Å². The summed E-state index contributed by atoms with van der Waals surface area (Å²) in [5.74, 6) is 6.18. The largest absolute Gasteiger partial charge is 0.450 e. The lowest BCUT2D eigenvalue weighted by molar-refractivity contribution is 0.348. The second kappa shape index (κ2) is 6.69. The van der Waals surface area contributed by atoms with Gasteiger partial charge in [-0.1, -0.05) is 52.0 Å². The lowest BCUT2D eigenvalue weighted by atomic mass is 9.72. The predicted octanol–water partition coefficient (Wildman–Crippen LogP) is 9.13. The summed E-state index contributed by atoms with van der Waals surface area (Å²) in [5.41, 5.74) is 5.13. The number of hydrogen-bond donors (Lipinski definition) is 0. The first-order valence-electron chi connectivity index (χ1n) is 13.0. The Labute approximate surface area is 216 Å². The second-order valence-electron chi connectivity index (χ2n) is 12.2. The zero-order valence-corrected chi connectivity index (χ0v) is 21.5. The Morgan fingerprint density at radius 3 is 1.05 bits per heavy atom. The fraction of sp³-hybridized carbons (Fsp3) is 0.273. The van der Waals surface area contributed by atoms with Crippen LogP contribution in [0.3, 0.4) is 0 Å². The Morgan fingerprint density at radius 2 is 0.730 bits per heavy atom. The van der Waals surface area contributed by atoms with Crippen molar-refractivity contribution in [1.29, 1.82) is 0 Å². The van der Waals surface area contributed by atoms with Gasteiger partial charge in [-0.25, -0.2) is 0 Å². The minimum Gasteiger partial charge on any atom is -0.450 e. The minimum absolute atomic E-state index is 0.0256. The fourth-order valence-electron chi connectivity index (χ4n) is 7.35. The van der Waals surface area contributed by atoms with Crippen molar-refractivity contribution in [3.8, 4) is 46.0 Å². The van der Waals surface area contributed by atoms with E-state index in [0.29, 0.717) is 0 Å². The number of hydrogen-bond acceptors (Lipinski definition) is 4. The second-order valence-corrected chi connectivity index (χ2v) is 12.2. The third-order valence-electron chi connectivity index (χ3n) is 8.72. The third kappa shape index (κ3) is 2.79. The molecule has 184 valence electrons. The van der Waals surface area contributed by atoms with Gasteiger partial charge < -0.3 is 18.9 Å². The zero-order chi connectivity index (χ0) is 25.2. The van der Waals surface area contributed by atoms with E-state index in [0.717, 1.165) is 58.8 Å². The first-order chi connectivity index (χ1) is 17.7. The quantitative estimate of drug-likeness (QED) is 0.214. The monoisotopic (exact) mass is 488 g/mol. The van der Waals surface area contributed by atoms with Crippen molar-refractivity contribution in [2.24, 2.45) is 0 Å². The van der Waals surface area contributed by atoms with Gasteiger partial charge in [-0.2, -0.15) is 0 Å². The standard InChI is InChI=1S/C33H28O4/c1-31(2)17-33(21-15-29-27(13-19(21)31)34-23-9-5-7-11-25(23)36-29)18-32(3,4)20-14-28-30(16-22(20)33)37-26-12-8-6-10-24(26)35-28/h5-16H,17-18H2,1-4H3. The van der Waals surface area contributed by atoms with Gasteiger partial charge in [0.2, 0.25) is 0 Å². The molecule has 4 heteroatoms.